The van der Waals surface area contributed by atoms with E-state index in [1.807, 2.05) is 0 Å². The lowest BCUT2D eigenvalue weighted by atomic mass is 10.3. The average molecular weight is 616 g/mol. The van der Waals surface area contributed by atoms with Gasteiger partial charge in [-0.2, -0.15) is 0 Å². The van der Waals surface area contributed by atoms with E-state index in [1.54, 1.807) is 0 Å². The maximum Gasteiger partial charge on any atom is 0.267 e. The van der Waals surface area contributed by atoms with Crippen LogP contribution in [0.4, 0.5) is 10.8 Å². The van der Waals surface area contributed by atoms with Gasteiger partial charge in [0.2, 0.25) is 35.4 Å². The van der Waals surface area contributed by atoms with E-state index in [2.05, 4.69) is 32.1 Å². The second-order valence-corrected chi connectivity index (χ2v) is 13.0. The van der Waals surface area contributed by atoms with Crippen LogP contribution in [0.2, 0.25) is 5.02 Å². The van der Waals surface area contributed by atoms with Crippen LogP contribution >= 0.6 is 22.9 Å². The molecule has 0 aliphatic heterocycles. The van der Waals surface area contributed by atoms with Gasteiger partial charge in [0.05, 0.1) is 10.7 Å². The van der Waals surface area contributed by atoms with Crippen LogP contribution in [0.15, 0.2) is 51.2 Å². The maximum absolute atomic E-state index is 12.3. The van der Waals surface area contributed by atoms with Crippen LogP contribution in [0.3, 0.4) is 0 Å². The molecule has 1 aromatic carbocycles. The molecule has 1 amide bonds. The third-order valence-electron chi connectivity index (χ3n) is 3.54. The van der Waals surface area contributed by atoms with E-state index in [1.165, 1.54) is 26.1 Å². The first kappa shape index (κ1) is 32.2. The molecule has 0 saturated heterocycles. The van der Waals surface area contributed by atoms with Crippen molar-refractivity contribution in [1.82, 2.24) is 14.9 Å². The van der Waals surface area contributed by atoms with Crippen LogP contribution < -0.4 is 25.6 Å². The third-order valence-corrected chi connectivity index (χ3v) is 8.53. The second-order valence-electron chi connectivity index (χ2n) is 6.65. The summed E-state index contributed by atoms with van der Waals surface area (Å²) in [6, 6.07) is 1.93. The second kappa shape index (κ2) is 13.1. The lowest BCUT2D eigenvalue weighted by Gasteiger charge is -2.13. The quantitative estimate of drug-likeness (QED) is 0.136. The zero-order chi connectivity index (χ0) is 28.6. The number of nitrogens with one attached hydrogen (secondary N) is 3. The number of benzene rings is 1. The van der Waals surface area contributed by atoms with Crippen LogP contribution in [-0.4, -0.2) is 53.7 Å². The normalized spacial score (nSPS) is 11.9. The summed E-state index contributed by atoms with van der Waals surface area (Å²) in [5, 5.41) is 21.2. The summed E-state index contributed by atoms with van der Waals surface area (Å²) in [5.41, 5.74) is -0.0264. The minimum atomic E-state index is -4.23. The van der Waals surface area contributed by atoms with E-state index >= 15 is 0 Å². The Bertz CT molecular complexity index is 1530. The predicted octanol–water partition coefficient (Wildman–Crippen LogP) is 0.110. The number of nitrogens with zero attached hydrogens (tertiary/aromatic N) is 2. The monoisotopic (exact) mass is 615 g/mol. The standard InChI is InChI=1S/C13H16ClN3O5S2.C4H6N4O3S2/c1-3-5-17-24(21,22)13-8-12(23(15,19)20)10(14)7-11(13)16-6-4-9(2)18;1-2(9)6-3-7-8-4(12-3)13(5,10)11/h3-4,6-8,16-17H,1,5H2,2H3,(H2,15,19,20);1H3,(H2,5,10,11)(H,6,7,9). The van der Waals surface area contributed by atoms with E-state index < -0.39 is 39.9 Å². The van der Waals surface area contributed by atoms with Crippen molar-refractivity contribution < 1.29 is 34.8 Å². The number of primary sulfonamides is 2. The Morgan fingerprint density at radius 1 is 1.05 bits per heavy atom. The van der Waals surface area contributed by atoms with Gasteiger partial charge in [0, 0.05) is 19.7 Å². The van der Waals surface area contributed by atoms with E-state index in [4.69, 9.17) is 21.9 Å². The molecule has 20 heteroatoms. The summed E-state index contributed by atoms with van der Waals surface area (Å²) in [5.74, 6) is -0.624. The number of carbonyl (C=O) groups is 2. The van der Waals surface area contributed by atoms with Crippen LogP contribution in [0, 0.1) is 0 Å². The largest absolute Gasteiger partial charge is 0.360 e. The van der Waals surface area contributed by atoms with Crippen molar-refractivity contribution in [2.75, 3.05) is 17.2 Å². The Labute approximate surface area is 222 Å². The molecule has 204 valence electrons. The number of halogens is 1. The molecular weight excluding hydrogens is 594 g/mol. The lowest BCUT2D eigenvalue weighted by molar-refractivity contribution is -0.114. The Hall–Kier alpha value is -2.78. The third kappa shape index (κ3) is 10.6. The molecule has 2 rings (SSSR count). The fraction of sp³-hybridized carbons (Fsp3) is 0.176. The van der Waals surface area contributed by atoms with Crippen LogP contribution in [0.25, 0.3) is 0 Å². The van der Waals surface area contributed by atoms with Crippen LogP contribution in [-0.2, 0) is 39.7 Å². The molecule has 37 heavy (non-hydrogen) atoms. The summed E-state index contributed by atoms with van der Waals surface area (Å²) >= 11 is 6.56. The number of nitrogens with two attached hydrogens (primary N) is 2. The van der Waals surface area contributed by atoms with Crippen LogP contribution in [0.1, 0.15) is 13.8 Å². The first-order valence-corrected chi connectivity index (χ1v) is 15.2. The van der Waals surface area contributed by atoms with Gasteiger partial charge in [-0.15, -0.1) is 16.8 Å². The Morgan fingerprint density at radius 2 is 1.68 bits per heavy atom. The first-order valence-electron chi connectivity index (χ1n) is 9.43. The fourth-order valence-electron chi connectivity index (χ4n) is 2.11. The minimum Gasteiger partial charge on any atom is -0.360 e. The molecule has 0 aliphatic carbocycles. The summed E-state index contributed by atoms with van der Waals surface area (Å²) in [6.07, 6.45) is 3.68. The van der Waals surface area contributed by atoms with Crippen molar-refractivity contribution >= 4 is 75.5 Å². The van der Waals surface area contributed by atoms with Gasteiger partial charge in [-0.3, -0.25) is 9.59 Å². The predicted molar refractivity (Wildman–Crippen MR) is 137 cm³/mol. The zero-order valence-electron chi connectivity index (χ0n) is 19.1. The number of allylic oxidation sites excluding steroid dienone is 1. The number of ketones is 1. The van der Waals surface area contributed by atoms with E-state index in [0.29, 0.717) is 11.3 Å². The average Bonchev–Trinajstić information content (AvgIpc) is 3.20. The number of rotatable bonds is 10. The van der Waals surface area contributed by atoms with E-state index in [-0.39, 0.29) is 38.4 Å². The minimum absolute atomic E-state index is 0.0264. The number of anilines is 2. The molecule has 0 aliphatic rings. The summed E-state index contributed by atoms with van der Waals surface area (Å²) in [4.78, 5) is 20.5. The molecule has 1 heterocycles. The van der Waals surface area contributed by atoms with Crippen molar-refractivity contribution in [3.05, 3.63) is 42.1 Å². The lowest BCUT2D eigenvalue weighted by Crippen LogP contribution is -2.25. The number of carbonyl (C=O) groups excluding carboxylic acids is 2. The topological polar surface area (TPSA) is 250 Å². The molecule has 0 atom stereocenters. The SMILES string of the molecule is C=CCNS(=O)(=O)c1cc(S(N)(=O)=O)c(Cl)cc1NC=CC(C)=O.CC(=O)Nc1nnc(S(N)(=O)=O)s1. The molecule has 0 unspecified atom stereocenters. The molecule has 1 aromatic heterocycles. The van der Waals surface area contributed by atoms with Gasteiger partial charge in [-0.05, 0) is 25.1 Å². The van der Waals surface area contributed by atoms with Gasteiger partial charge in [-0.1, -0.05) is 29.0 Å². The highest BCUT2D eigenvalue weighted by molar-refractivity contribution is 7.91. The van der Waals surface area contributed by atoms with Gasteiger partial charge in [0.1, 0.15) is 9.79 Å². The fourth-order valence-corrected chi connectivity index (χ4v) is 5.84. The highest BCUT2D eigenvalue weighted by Gasteiger charge is 2.24. The summed E-state index contributed by atoms with van der Waals surface area (Å²) in [6.45, 7) is 5.90. The molecule has 0 radical (unpaired) electrons. The number of sulfonamides is 3. The number of amides is 1. The van der Waals surface area contributed by atoms with E-state index in [9.17, 15) is 34.8 Å². The van der Waals surface area contributed by atoms with Gasteiger partial charge < -0.3 is 10.6 Å². The summed E-state index contributed by atoms with van der Waals surface area (Å²) < 4.78 is 71.0. The van der Waals surface area contributed by atoms with Crippen molar-refractivity contribution in [3.63, 3.8) is 0 Å². The molecule has 0 spiro atoms. The number of hydrogen-bond donors (Lipinski definition) is 5. The molecule has 0 bridgehead atoms. The Kier molecular flexibility index (Phi) is 11.5. The smallest absolute Gasteiger partial charge is 0.267 e. The molecule has 7 N–H and O–H groups in total. The molecule has 0 saturated carbocycles. The first-order chi connectivity index (χ1) is 16.9. The van der Waals surface area contributed by atoms with Crippen molar-refractivity contribution in [1.29, 1.82) is 0 Å². The summed E-state index contributed by atoms with van der Waals surface area (Å²) in [7, 11) is -12.1. The Morgan fingerprint density at radius 3 is 2.14 bits per heavy atom. The molecule has 0 fully saturated rings. The number of aromatic nitrogens is 2. The zero-order valence-corrected chi connectivity index (χ0v) is 23.1. The van der Waals surface area contributed by atoms with Crippen molar-refractivity contribution in [3.8, 4) is 0 Å². The maximum atomic E-state index is 12.3. The van der Waals surface area contributed by atoms with Gasteiger partial charge in [0.15, 0.2) is 5.78 Å². The van der Waals surface area contributed by atoms with Gasteiger partial charge >= 0.3 is 0 Å². The van der Waals surface area contributed by atoms with Gasteiger partial charge in [0.25, 0.3) is 10.0 Å². The number of hydrogen-bond acceptors (Lipinski definition) is 12. The molecular formula is C17H22ClN7O8S4. The molecule has 15 nitrogen and oxygen atoms in total. The highest BCUT2D eigenvalue weighted by atomic mass is 35.5. The Balaban J connectivity index is 0.000000442. The van der Waals surface area contributed by atoms with E-state index in [0.717, 1.165) is 18.2 Å². The van der Waals surface area contributed by atoms with Crippen molar-refractivity contribution in [2.45, 2.75) is 28.0 Å². The van der Waals surface area contributed by atoms with Gasteiger partial charge in [-0.25, -0.2) is 40.3 Å². The molecule has 2 aromatic rings. The highest BCUT2D eigenvalue weighted by Crippen LogP contribution is 2.31. The van der Waals surface area contributed by atoms with Crippen molar-refractivity contribution in [2.24, 2.45) is 10.3 Å². The van der Waals surface area contributed by atoms with Crippen LogP contribution in [0.5, 0.6) is 0 Å².